The Labute approximate surface area is 171 Å². The molecule has 0 unspecified atom stereocenters. The van der Waals surface area contributed by atoms with E-state index in [9.17, 15) is 14.4 Å². The molecule has 0 fully saturated rings. The van der Waals surface area contributed by atoms with Gasteiger partial charge in [-0.1, -0.05) is 6.07 Å². The van der Waals surface area contributed by atoms with Crippen molar-refractivity contribution in [2.24, 2.45) is 0 Å². The number of rotatable bonds is 6. The van der Waals surface area contributed by atoms with Crippen LogP contribution in [0.15, 0.2) is 48.5 Å². The second-order valence-corrected chi connectivity index (χ2v) is 7.96. The predicted octanol–water partition coefficient (Wildman–Crippen LogP) is 2.97. The molecule has 2 aromatic carbocycles. The highest BCUT2D eigenvalue weighted by atomic mass is 16.2. The maximum atomic E-state index is 12.2. The second kappa shape index (κ2) is 9.23. The molecule has 0 aromatic heterocycles. The lowest BCUT2D eigenvalue weighted by Crippen LogP contribution is -2.40. The minimum atomic E-state index is -0.305. The van der Waals surface area contributed by atoms with Gasteiger partial charge in [-0.2, -0.15) is 0 Å². The van der Waals surface area contributed by atoms with E-state index in [2.05, 4.69) is 16.0 Å². The Morgan fingerprint density at radius 3 is 2.14 bits per heavy atom. The van der Waals surface area contributed by atoms with Crippen molar-refractivity contribution in [1.29, 1.82) is 0 Å². The average Bonchev–Trinajstić information content (AvgIpc) is 2.65. The molecular weight excluding hydrogens is 368 g/mol. The summed E-state index contributed by atoms with van der Waals surface area (Å²) in [5.41, 5.74) is 2.03. The predicted molar refractivity (Wildman–Crippen MR) is 115 cm³/mol. The Bertz CT molecular complexity index is 884. The summed E-state index contributed by atoms with van der Waals surface area (Å²) in [7, 11) is 3.35. The molecule has 2 aromatic rings. The Kier molecular flexibility index (Phi) is 6.98. The number of benzene rings is 2. The molecule has 0 bridgehead atoms. The van der Waals surface area contributed by atoms with Gasteiger partial charge in [-0.25, -0.2) is 0 Å². The van der Waals surface area contributed by atoms with Crippen molar-refractivity contribution >= 4 is 29.1 Å². The van der Waals surface area contributed by atoms with Crippen LogP contribution in [0.5, 0.6) is 0 Å². The first-order valence-electron chi connectivity index (χ1n) is 9.33. The first-order valence-corrected chi connectivity index (χ1v) is 9.33. The maximum absolute atomic E-state index is 12.2. The smallest absolute Gasteiger partial charge is 0.253 e. The Hall–Kier alpha value is -3.35. The van der Waals surface area contributed by atoms with Gasteiger partial charge in [-0.15, -0.1) is 0 Å². The summed E-state index contributed by atoms with van der Waals surface area (Å²) >= 11 is 0. The largest absolute Gasteiger partial charge is 0.376 e. The molecule has 7 nitrogen and oxygen atoms in total. The van der Waals surface area contributed by atoms with E-state index in [0.717, 1.165) is 5.69 Å². The highest BCUT2D eigenvalue weighted by molar-refractivity contribution is 5.98. The van der Waals surface area contributed by atoms with Gasteiger partial charge in [0.05, 0.1) is 6.54 Å². The molecule has 0 radical (unpaired) electrons. The Morgan fingerprint density at radius 1 is 0.897 bits per heavy atom. The summed E-state index contributed by atoms with van der Waals surface area (Å²) < 4.78 is 0. The van der Waals surface area contributed by atoms with Crippen molar-refractivity contribution < 1.29 is 14.4 Å². The van der Waals surface area contributed by atoms with Gasteiger partial charge in [0.15, 0.2) is 0 Å². The van der Waals surface area contributed by atoms with Crippen molar-refractivity contribution in [3.05, 3.63) is 59.7 Å². The zero-order valence-electron chi connectivity index (χ0n) is 17.5. The molecular formula is C22H28N4O3. The average molecular weight is 396 g/mol. The summed E-state index contributed by atoms with van der Waals surface area (Å²) in [4.78, 5) is 37.8. The third-order valence-electron chi connectivity index (χ3n) is 3.89. The van der Waals surface area contributed by atoms with Gasteiger partial charge in [0.25, 0.3) is 11.8 Å². The van der Waals surface area contributed by atoms with E-state index < -0.39 is 0 Å². The fourth-order valence-corrected chi connectivity index (χ4v) is 2.53. The van der Waals surface area contributed by atoms with Gasteiger partial charge >= 0.3 is 0 Å². The van der Waals surface area contributed by atoms with Gasteiger partial charge in [-0.05, 0) is 63.2 Å². The third-order valence-corrected chi connectivity index (χ3v) is 3.89. The summed E-state index contributed by atoms with van der Waals surface area (Å²) in [5, 5.41) is 8.68. The van der Waals surface area contributed by atoms with Crippen LogP contribution in [-0.4, -0.2) is 48.8 Å². The SMILES string of the molecule is CN(C)C(=O)c1cccc(NC(=O)CNc2ccc(C(=O)NC(C)(C)C)cc2)c1. The third kappa shape index (κ3) is 6.95. The van der Waals surface area contributed by atoms with Crippen LogP contribution in [0.1, 0.15) is 41.5 Å². The molecule has 0 atom stereocenters. The first-order chi connectivity index (χ1) is 13.5. The lowest BCUT2D eigenvalue weighted by atomic mass is 10.1. The topological polar surface area (TPSA) is 90.5 Å². The highest BCUT2D eigenvalue weighted by Crippen LogP contribution is 2.13. The molecule has 3 N–H and O–H groups in total. The van der Waals surface area contributed by atoms with Gasteiger partial charge < -0.3 is 20.9 Å². The normalized spacial score (nSPS) is 10.8. The van der Waals surface area contributed by atoms with E-state index in [0.29, 0.717) is 16.8 Å². The molecule has 2 rings (SSSR count). The van der Waals surface area contributed by atoms with E-state index in [1.807, 2.05) is 20.8 Å². The Balaban J connectivity index is 1.90. The number of amides is 3. The van der Waals surface area contributed by atoms with Gasteiger partial charge in [0, 0.05) is 42.1 Å². The molecule has 0 spiro atoms. The second-order valence-electron chi connectivity index (χ2n) is 7.96. The van der Waals surface area contributed by atoms with Crippen LogP contribution in [0.2, 0.25) is 0 Å². The van der Waals surface area contributed by atoms with Crippen LogP contribution in [0.3, 0.4) is 0 Å². The van der Waals surface area contributed by atoms with Gasteiger partial charge in [0.1, 0.15) is 0 Å². The number of nitrogens with zero attached hydrogens (tertiary/aromatic N) is 1. The molecule has 0 aliphatic carbocycles. The number of anilines is 2. The van der Waals surface area contributed by atoms with Crippen LogP contribution in [0.25, 0.3) is 0 Å². The van der Waals surface area contributed by atoms with Gasteiger partial charge in [-0.3, -0.25) is 14.4 Å². The number of carbonyl (C=O) groups is 3. The molecule has 0 saturated carbocycles. The van der Waals surface area contributed by atoms with E-state index >= 15 is 0 Å². The molecule has 7 heteroatoms. The summed E-state index contributed by atoms with van der Waals surface area (Å²) in [6.45, 7) is 5.82. The molecule has 3 amide bonds. The number of nitrogens with one attached hydrogen (secondary N) is 3. The zero-order chi connectivity index (χ0) is 21.6. The van der Waals surface area contributed by atoms with Crippen LogP contribution in [-0.2, 0) is 4.79 Å². The van der Waals surface area contributed by atoms with Crippen molar-refractivity contribution in [1.82, 2.24) is 10.2 Å². The standard InChI is InChI=1S/C22H28N4O3/c1-22(2,3)25-20(28)15-9-11-17(12-10-15)23-14-19(27)24-18-8-6-7-16(13-18)21(29)26(4)5/h6-13,23H,14H2,1-5H3,(H,24,27)(H,25,28). The van der Waals surface area contributed by atoms with E-state index in [4.69, 9.17) is 0 Å². The van der Waals surface area contributed by atoms with Crippen LogP contribution in [0.4, 0.5) is 11.4 Å². The van der Waals surface area contributed by atoms with Gasteiger partial charge in [0.2, 0.25) is 5.91 Å². The minimum absolute atomic E-state index is 0.0549. The molecule has 29 heavy (non-hydrogen) atoms. The monoisotopic (exact) mass is 396 g/mol. The number of carbonyl (C=O) groups excluding carboxylic acids is 3. The lowest BCUT2D eigenvalue weighted by molar-refractivity contribution is -0.114. The van der Waals surface area contributed by atoms with Crippen LogP contribution >= 0.6 is 0 Å². The molecule has 0 aliphatic heterocycles. The minimum Gasteiger partial charge on any atom is -0.376 e. The van der Waals surface area contributed by atoms with Crippen LogP contribution < -0.4 is 16.0 Å². The maximum Gasteiger partial charge on any atom is 0.253 e. The van der Waals surface area contributed by atoms with Crippen molar-refractivity contribution in [2.75, 3.05) is 31.3 Å². The lowest BCUT2D eigenvalue weighted by Gasteiger charge is -2.20. The first kappa shape index (κ1) is 21.9. The fourth-order valence-electron chi connectivity index (χ4n) is 2.53. The fraction of sp³-hybridized carbons (Fsp3) is 0.318. The molecule has 0 saturated heterocycles. The number of hydrogen-bond donors (Lipinski definition) is 3. The molecule has 0 aliphatic rings. The number of hydrogen-bond acceptors (Lipinski definition) is 4. The Morgan fingerprint density at radius 2 is 1.55 bits per heavy atom. The van der Waals surface area contributed by atoms with E-state index in [-0.39, 0.29) is 29.8 Å². The van der Waals surface area contributed by atoms with Crippen LogP contribution in [0, 0.1) is 0 Å². The summed E-state index contributed by atoms with van der Waals surface area (Å²) in [6.07, 6.45) is 0. The zero-order valence-corrected chi connectivity index (χ0v) is 17.5. The molecule has 0 heterocycles. The summed E-state index contributed by atoms with van der Waals surface area (Å²) in [5.74, 6) is -0.516. The van der Waals surface area contributed by atoms with Crippen molar-refractivity contribution in [2.45, 2.75) is 26.3 Å². The van der Waals surface area contributed by atoms with E-state index in [1.165, 1.54) is 4.90 Å². The van der Waals surface area contributed by atoms with E-state index in [1.54, 1.807) is 62.6 Å². The highest BCUT2D eigenvalue weighted by Gasteiger charge is 2.15. The molecule has 154 valence electrons. The van der Waals surface area contributed by atoms with Crippen molar-refractivity contribution in [3.8, 4) is 0 Å². The summed E-state index contributed by atoms with van der Waals surface area (Å²) in [6, 6.07) is 13.7. The van der Waals surface area contributed by atoms with Crippen molar-refractivity contribution in [3.63, 3.8) is 0 Å². The quantitative estimate of drug-likeness (QED) is 0.700.